The number of furan rings is 1. The van der Waals surface area contributed by atoms with Crippen molar-refractivity contribution in [3.8, 4) is 28.6 Å². The van der Waals surface area contributed by atoms with Gasteiger partial charge in [0.1, 0.15) is 17.3 Å². The van der Waals surface area contributed by atoms with Crippen LogP contribution in [0.25, 0.3) is 11.3 Å². The number of carbonyl (C=O) groups is 2. The standard InChI is InChI=1S/C22H18O8/c1-27-21(24)9-15(14-8-19-20(10-16(14)23)29-11-28-19)18-7-6-17(30-18)12-2-4-13(5-3-12)22(25)26/h2-8,10,15,23H,9,11H2,1H3,(H,25,26)/t15-/m1/s1. The van der Waals surface area contributed by atoms with Gasteiger partial charge in [0, 0.05) is 17.2 Å². The SMILES string of the molecule is COC(=O)C[C@@H](c1ccc(-c2ccc(C(=O)O)cc2)o1)c1cc2c(cc1O)OCO2. The predicted molar refractivity (Wildman–Crippen MR) is 104 cm³/mol. The normalized spacial score (nSPS) is 13.1. The summed E-state index contributed by atoms with van der Waals surface area (Å²) in [4.78, 5) is 23.1. The highest BCUT2D eigenvalue weighted by Gasteiger charge is 2.28. The molecular weight excluding hydrogens is 392 g/mol. The lowest BCUT2D eigenvalue weighted by atomic mass is 9.92. The molecule has 0 saturated carbocycles. The van der Waals surface area contributed by atoms with Crippen LogP contribution in [0.1, 0.15) is 34.0 Å². The number of benzene rings is 2. The van der Waals surface area contributed by atoms with E-state index in [1.807, 2.05) is 0 Å². The molecule has 0 bridgehead atoms. The van der Waals surface area contributed by atoms with Gasteiger partial charge in [-0.3, -0.25) is 4.79 Å². The molecule has 154 valence electrons. The van der Waals surface area contributed by atoms with Crippen molar-refractivity contribution in [2.45, 2.75) is 12.3 Å². The van der Waals surface area contributed by atoms with E-state index in [1.54, 1.807) is 30.3 Å². The molecule has 2 aromatic carbocycles. The van der Waals surface area contributed by atoms with Gasteiger partial charge in [-0.05, 0) is 30.3 Å². The van der Waals surface area contributed by atoms with Gasteiger partial charge >= 0.3 is 11.9 Å². The molecule has 4 rings (SSSR count). The van der Waals surface area contributed by atoms with Crippen LogP contribution >= 0.6 is 0 Å². The van der Waals surface area contributed by atoms with Crippen molar-refractivity contribution >= 4 is 11.9 Å². The highest BCUT2D eigenvalue weighted by Crippen LogP contribution is 2.44. The number of carboxylic acid groups (broad SMARTS) is 1. The van der Waals surface area contributed by atoms with Crippen LogP contribution in [0.3, 0.4) is 0 Å². The predicted octanol–water partition coefficient (Wildman–Crippen LogP) is 3.77. The van der Waals surface area contributed by atoms with E-state index in [0.717, 1.165) is 0 Å². The number of aromatic hydroxyl groups is 1. The van der Waals surface area contributed by atoms with E-state index in [4.69, 9.17) is 23.7 Å². The van der Waals surface area contributed by atoms with Crippen LogP contribution in [0, 0.1) is 0 Å². The lowest BCUT2D eigenvalue weighted by molar-refractivity contribution is -0.140. The van der Waals surface area contributed by atoms with Gasteiger partial charge in [0.05, 0.1) is 25.0 Å². The molecule has 1 aliphatic heterocycles. The Morgan fingerprint density at radius 2 is 1.77 bits per heavy atom. The number of hydrogen-bond acceptors (Lipinski definition) is 7. The first-order valence-electron chi connectivity index (χ1n) is 9.09. The monoisotopic (exact) mass is 410 g/mol. The van der Waals surface area contributed by atoms with Gasteiger partial charge in [-0.25, -0.2) is 4.79 Å². The fourth-order valence-corrected chi connectivity index (χ4v) is 3.31. The zero-order valence-corrected chi connectivity index (χ0v) is 16.0. The minimum absolute atomic E-state index is 0.0527. The number of aromatic carboxylic acids is 1. The second-order valence-corrected chi connectivity index (χ2v) is 6.68. The van der Waals surface area contributed by atoms with Crippen LogP contribution in [0.15, 0.2) is 52.9 Å². The number of esters is 1. The van der Waals surface area contributed by atoms with Crippen LogP contribution < -0.4 is 9.47 Å². The molecule has 1 aliphatic rings. The summed E-state index contributed by atoms with van der Waals surface area (Å²) in [5, 5.41) is 19.6. The molecule has 3 aromatic rings. The Morgan fingerprint density at radius 1 is 1.07 bits per heavy atom. The Hall–Kier alpha value is -3.94. The van der Waals surface area contributed by atoms with Crippen LogP contribution in [-0.4, -0.2) is 36.1 Å². The molecule has 1 atom stereocenters. The molecule has 0 aliphatic carbocycles. The topological polar surface area (TPSA) is 115 Å². The largest absolute Gasteiger partial charge is 0.508 e. The van der Waals surface area contributed by atoms with Crippen molar-refractivity contribution in [3.05, 3.63) is 65.4 Å². The molecule has 0 fully saturated rings. The molecule has 2 N–H and O–H groups in total. The van der Waals surface area contributed by atoms with E-state index in [1.165, 1.54) is 25.3 Å². The maximum absolute atomic E-state index is 12.0. The van der Waals surface area contributed by atoms with E-state index < -0.39 is 17.9 Å². The van der Waals surface area contributed by atoms with Gasteiger partial charge in [0.2, 0.25) is 6.79 Å². The number of hydrogen-bond donors (Lipinski definition) is 2. The summed E-state index contributed by atoms with van der Waals surface area (Å²) >= 11 is 0. The summed E-state index contributed by atoms with van der Waals surface area (Å²) in [5.41, 5.74) is 1.28. The molecule has 0 unspecified atom stereocenters. The van der Waals surface area contributed by atoms with Gasteiger partial charge in [-0.15, -0.1) is 0 Å². The number of carbonyl (C=O) groups excluding carboxylic acids is 1. The van der Waals surface area contributed by atoms with Gasteiger partial charge in [0.25, 0.3) is 0 Å². The van der Waals surface area contributed by atoms with Crippen molar-refractivity contribution in [1.29, 1.82) is 0 Å². The highest BCUT2D eigenvalue weighted by molar-refractivity contribution is 5.88. The molecule has 0 radical (unpaired) electrons. The Bertz CT molecular complexity index is 1100. The lowest BCUT2D eigenvalue weighted by Gasteiger charge is -2.16. The smallest absolute Gasteiger partial charge is 0.335 e. The summed E-state index contributed by atoms with van der Waals surface area (Å²) in [6.07, 6.45) is -0.0609. The maximum Gasteiger partial charge on any atom is 0.335 e. The van der Waals surface area contributed by atoms with E-state index in [-0.39, 0.29) is 24.5 Å². The van der Waals surface area contributed by atoms with Crippen LogP contribution in [0.2, 0.25) is 0 Å². The van der Waals surface area contributed by atoms with Gasteiger partial charge < -0.3 is 28.8 Å². The Labute approximate surface area is 171 Å². The molecule has 0 saturated heterocycles. The molecule has 8 nitrogen and oxygen atoms in total. The van der Waals surface area contributed by atoms with Crippen molar-refractivity contribution in [1.82, 2.24) is 0 Å². The van der Waals surface area contributed by atoms with Crippen molar-refractivity contribution in [2.24, 2.45) is 0 Å². The average molecular weight is 410 g/mol. The summed E-state index contributed by atoms with van der Waals surface area (Å²) in [7, 11) is 1.29. The number of fused-ring (bicyclic) bond motifs is 1. The number of carboxylic acids is 1. The molecule has 8 heteroatoms. The Morgan fingerprint density at radius 3 is 2.43 bits per heavy atom. The number of rotatable bonds is 6. The van der Waals surface area contributed by atoms with E-state index in [0.29, 0.717) is 34.1 Å². The molecule has 2 heterocycles. The molecule has 0 amide bonds. The van der Waals surface area contributed by atoms with Gasteiger partial charge in [0.15, 0.2) is 11.5 Å². The highest BCUT2D eigenvalue weighted by atomic mass is 16.7. The quantitative estimate of drug-likeness (QED) is 0.590. The van der Waals surface area contributed by atoms with Gasteiger partial charge in [-0.2, -0.15) is 0 Å². The third-order valence-corrected chi connectivity index (χ3v) is 4.88. The summed E-state index contributed by atoms with van der Waals surface area (Å²) < 4.78 is 21.4. The first-order valence-corrected chi connectivity index (χ1v) is 9.09. The summed E-state index contributed by atoms with van der Waals surface area (Å²) in [6, 6.07) is 12.7. The third kappa shape index (κ3) is 3.67. The zero-order valence-electron chi connectivity index (χ0n) is 16.0. The Kier molecular flexibility index (Phi) is 5.05. The summed E-state index contributed by atoms with van der Waals surface area (Å²) in [5.74, 6) is -0.348. The van der Waals surface area contributed by atoms with Crippen molar-refractivity contribution < 1.29 is 38.4 Å². The second-order valence-electron chi connectivity index (χ2n) is 6.68. The fraction of sp³-hybridized carbons (Fsp3) is 0.182. The number of phenols is 1. The van der Waals surface area contributed by atoms with E-state index in [2.05, 4.69) is 0 Å². The lowest BCUT2D eigenvalue weighted by Crippen LogP contribution is -2.10. The van der Waals surface area contributed by atoms with Crippen molar-refractivity contribution in [2.75, 3.05) is 13.9 Å². The number of ether oxygens (including phenoxy) is 3. The maximum atomic E-state index is 12.0. The molecule has 0 spiro atoms. The Balaban J connectivity index is 1.70. The van der Waals surface area contributed by atoms with E-state index in [9.17, 15) is 14.7 Å². The van der Waals surface area contributed by atoms with Crippen LogP contribution in [0.4, 0.5) is 0 Å². The first-order chi connectivity index (χ1) is 14.5. The average Bonchev–Trinajstić information content (AvgIpc) is 3.41. The first kappa shape index (κ1) is 19.4. The fourth-order valence-electron chi connectivity index (χ4n) is 3.31. The van der Waals surface area contributed by atoms with Crippen LogP contribution in [0.5, 0.6) is 17.2 Å². The number of methoxy groups -OCH3 is 1. The van der Waals surface area contributed by atoms with E-state index >= 15 is 0 Å². The number of phenolic OH excluding ortho intramolecular Hbond substituents is 1. The van der Waals surface area contributed by atoms with Crippen molar-refractivity contribution in [3.63, 3.8) is 0 Å². The molecular formula is C22H18O8. The minimum Gasteiger partial charge on any atom is -0.508 e. The second kappa shape index (κ2) is 7.82. The third-order valence-electron chi connectivity index (χ3n) is 4.88. The van der Waals surface area contributed by atoms with Crippen LogP contribution in [-0.2, 0) is 9.53 Å². The molecule has 1 aromatic heterocycles. The zero-order chi connectivity index (χ0) is 21.3. The summed E-state index contributed by atoms with van der Waals surface area (Å²) in [6.45, 7) is 0.0527. The van der Waals surface area contributed by atoms with Gasteiger partial charge in [-0.1, -0.05) is 12.1 Å². The molecule has 30 heavy (non-hydrogen) atoms. The minimum atomic E-state index is -1.02.